The number of rotatable bonds is 9. The van der Waals surface area contributed by atoms with Crippen molar-refractivity contribution in [1.82, 2.24) is 20.4 Å². The van der Waals surface area contributed by atoms with Crippen LogP contribution >= 0.6 is 24.0 Å². The van der Waals surface area contributed by atoms with Crippen LogP contribution in [0.3, 0.4) is 0 Å². The molecule has 0 aliphatic carbocycles. The van der Waals surface area contributed by atoms with Crippen molar-refractivity contribution >= 4 is 29.9 Å². The fourth-order valence-electron chi connectivity index (χ4n) is 2.76. The summed E-state index contributed by atoms with van der Waals surface area (Å²) in [5.41, 5.74) is 3.01. The molecule has 0 aliphatic heterocycles. The van der Waals surface area contributed by atoms with E-state index in [1.54, 1.807) is 6.07 Å². The summed E-state index contributed by atoms with van der Waals surface area (Å²) in [5, 5.41) is 11.0. The average molecular weight is 503 g/mol. The Hall–Kier alpha value is -1.84. The maximum atomic E-state index is 13.9. The quantitative estimate of drug-likeness (QED) is 0.237. The van der Waals surface area contributed by atoms with Crippen LogP contribution in [0.2, 0.25) is 0 Å². The SMILES string of the molecule is CCNC(=NCc1ccc(OCC)c(F)c1)NCCCn1nc(C)cc1C.I. The van der Waals surface area contributed by atoms with E-state index in [2.05, 4.69) is 33.7 Å². The third-order valence-electron chi connectivity index (χ3n) is 4.00. The van der Waals surface area contributed by atoms with Crippen LogP contribution in [0, 0.1) is 19.7 Å². The summed E-state index contributed by atoms with van der Waals surface area (Å²) in [7, 11) is 0. The number of nitrogens with zero attached hydrogens (tertiary/aromatic N) is 3. The van der Waals surface area contributed by atoms with Gasteiger partial charge in [0.05, 0.1) is 18.8 Å². The lowest BCUT2D eigenvalue weighted by Crippen LogP contribution is -2.38. The highest BCUT2D eigenvalue weighted by Crippen LogP contribution is 2.18. The monoisotopic (exact) mass is 503 g/mol. The van der Waals surface area contributed by atoms with Crippen LogP contribution < -0.4 is 15.4 Å². The number of nitrogens with one attached hydrogen (secondary N) is 2. The van der Waals surface area contributed by atoms with Gasteiger partial charge in [-0.3, -0.25) is 4.68 Å². The van der Waals surface area contributed by atoms with Gasteiger partial charge in [-0.1, -0.05) is 6.07 Å². The molecule has 1 aromatic heterocycles. The molecule has 0 atom stereocenters. The fourth-order valence-corrected chi connectivity index (χ4v) is 2.76. The molecule has 8 heteroatoms. The molecular weight excluding hydrogens is 472 g/mol. The number of hydrogen-bond donors (Lipinski definition) is 2. The molecular formula is C20H31FIN5O. The van der Waals surface area contributed by atoms with Crippen LogP contribution in [-0.4, -0.2) is 35.4 Å². The Bertz CT molecular complexity index is 763. The molecule has 6 nitrogen and oxygen atoms in total. The first-order valence-electron chi connectivity index (χ1n) is 9.48. The Kier molecular flexibility index (Phi) is 10.9. The van der Waals surface area contributed by atoms with E-state index in [9.17, 15) is 4.39 Å². The molecule has 0 spiro atoms. The zero-order valence-corrected chi connectivity index (χ0v) is 19.4. The molecule has 28 heavy (non-hydrogen) atoms. The zero-order chi connectivity index (χ0) is 19.6. The van der Waals surface area contributed by atoms with Crippen molar-refractivity contribution in [3.63, 3.8) is 0 Å². The van der Waals surface area contributed by atoms with Crippen LogP contribution in [-0.2, 0) is 13.1 Å². The minimum Gasteiger partial charge on any atom is -0.491 e. The number of halogens is 2. The van der Waals surface area contributed by atoms with Crippen LogP contribution in [0.1, 0.15) is 37.2 Å². The number of aryl methyl sites for hydroxylation is 3. The van der Waals surface area contributed by atoms with Gasteiger partial charge >= 0.3 is 0 Å². The van der Waals surface area contributed by atoms with Gasteiger partial charge in [0.15, 0.2) is 17.5 Å². The summed E-state index contributed by atoms with van der Waals surface area (Å²) in [6, 6.07) is 7.04. The Balaban J connectivity index is 0.00000392. The molecule has 0 aliphatic rings. The van der Waals surface area contributed by atoms with Crippen LogP contribution in [0.5, 0.6) is 5.75 Å². The number of benzene rings is 1. The number of guanidine groups is 1. The lowest BCUT2D eigenvalue weighted by molar-refractivity contribution is 0.321. The number of ether oxygens (including phenoxy) is 1. The maximum Gasteiger partial charge on any atom is 0.191 e. The van der Waals surface area contributed by atoms with Crippen molar-refractivity contribution < 1.29 is 9.13 Å². The molecule has 1 aromatic carbocycles. The van der Waals surface area contributed by atoms with E-state index in [4.69, 9.17) is 4.74 Å². The summed E-state index contributed by atoms with van der Waals surface area (Å²) in [5.74, 6) is 0.645. The zero-order valence-electron chi connectivity index (χ0n) is 17.1. The van der Waals surface area contributed by atoms with Gasteiger partial charge in [-0.25, -0.2) is 9.38 Å². The van der Waals surface area contributed by atoms with Crippen molar-refractivity contribution in [3.8, 4) is 5.75 Å². The number of aliphatic imine (C=N–C) groups is 1. The molecule has 0 saturated carbocycles. The van der Waals surface area contributed by atoms with Gasteiger partial charge < -0.3 is 15.4 Å². The summed E-state index contributed by atoms with van der Waals surface area (Å²) in [6.45, 7) is 11.2. The molecule has 0 unspecified atom stereocenters. The van der Waals surface area contributed by atoms with E-state index in [1.807, 2.05) is 31.5 Å². The summed E-state index contributed by atoms with van der Waals surface area (Å²) in [4.78, 5) is 4.53. The Labute approximate surface area is 184 Å². The molecule has 0 radical (unpaired) electrons. The second-order valence-electron chi connectivity index (χ2n) is 6.32. The standard InChI is InChI=1S/C20H30FN5O.HI/c1-5-22-20(23-10-7-11-26-16(4)12-15(3)25-26)24-14-17-8-9-19(27-6-2)18(21)13-17;/h8-9,12-13H,5-7,10-11,14H2,1-4H3,(H2,22,23,24);1H. The molecule has 156 valence electrons. The van der Waals surface area contributed by atoms with Crippen LogP contribution in [0.25, 0.3) is 0 Å². The molecule has 0 fully saturated rings. The van der Waals surface area contributed by atoms with E-state index in [0.717, 1.165) is 43.3 Å². The van der Waals surface area contributed by atoms with Gasteiger partial charge in [0, 0.05) is 25.3 Å². The van der Waals surface area contributed by atoms with E-state index < -0.39 is 0 Å². The Morgan fingerprint density at radius 3 is 2.61 bits per heavy atom. The summed E-state index contributed by atoms with van der Waals surface area (Å²) in [6.07, 6.45) is 0.935. The second kappa shape index (κ2) is 12.6. The van der Waals surface area contributed by atoms with E-state index in [-0.39, 0.29) is 35.5 Å². The second-order valence-corrected chi connectivity index (χ2v) is 6.32. The normalized spacial score (nSPS) is 11.1. The van der Waals surface area contributed by atoms with Crippen molar-refractivity contribution in [3.05, 3.63) is 47.0 Å². The van der Waals surface area contributed by atoms with Crippen molar-refractivity contribution in [2.45, 2.75) is 47.2 Å². The maximum absolute atomic E-state index is 13.9. The highest BCUT2D eigenvalue weighted by atomic mass is 127. The average Bonchev–Trinajstić information content (AvgIpc) is 2.96. The largest absolute Gasteiger partial charge is 0.491 e. The molecule has 1 heterocycles. The highest BCUT2D eigenvalue weighted by molar-refractivity contribution is 14.0. The minimum atomic E-state index is -0.354. The summed E-state index contributed by atoms with van der Waals surface area (Å²) < 4.78 is 21.2. The highest BCUT2D eigenvalue weighted by Gasteiger charge is 2.05. The minimum absolute atomic E-state index is 0. The van der Waals surface area contributed by atoms with Gasteiger partial charge in [0.25, 0.3) is 0 Å². The first-order valence-corrected chi connectivity index (χ1v) is 9.48. The third-order valence-corrected chi connectivity index (χ3v) is 4.00. The summed E-state index contributed by atoms with van der Waals surface area (Å²) >= 11 is 0. The Morgan fingerprint density at radius 2 is 2.00 bits per heavy atom. The van der Waals surface area contributed by atoms with Crippen molar-refractivity contribution in [1.29, 1.82) is 0 Å². The number of aromatic nitrogens is 2. The smallest absolute Gasteiger partial charge is 0.191 e. The first-order chi connectivity index (χ1) is 13.0. The van der Waals surface area contributed by atoms with E-state index in [1.165, 1.54) is 11.8 Å². The third kappa shape index (κ3) is 7.65. The first kappa shape index (κ1) is 24.2. The molecule has 0 amide bonds. The molecule has 0 saturated heterocycles. The van der Waals surface area contributed by atoms with Crippen LogP contribution in [0.15, 0.2) is 29.3 Å². The van der Waals surface area contributed by atoms with E-state index in [0.29, 0.717) is 13.2 Å². The predicted molar refractivity (Wildman–Crippen MR) is 122 cm³/mol. The van der Waals surface area contributed by atoms with E-state index >= 15 is 0 Å². The van der Waals surface area contributed by atoms with Gasteiger partial charge in [-0.05, 0) is 57.9 Å². The van der Waals surface area contributed by atoms with Crippen molar-refractivity contribution in [2.75, 3.05) is 19.7 Å². The lowest BCUT2D eigenvalue weighted by Gasteiger charge is -2.12. The molecule has 2 aromatic rings. The molecule has 2 rings (SSSR count). The Morgan fingerprint density at radius 1 is 1.21 bits per heavy atom. The molecule has 2 N–H and O–H groups in total. The van der Waals surface area contributed by atoms with Gasteiger partial charge in [0.1, 0.15) is 0 Å². The van der Waals surface area contributed by atoms with Gasteiger partial charge in [-0.2, -0.15) is 5.10 Å². The fraction of sp³-hybridized carbons (Fsp3) is 0.500. The van der Waals surface area contributed by atoms with Crippen molar-refractivity contribution in [2.24, 2.45) is 4.99 Å². The predicted octanol–water partition coefficient (Wildman–Crippen LogP) is 3.80. The van der Waals surface area contributed by atoms with Gasteiger partial charge in [-0.15, -0.1) is 24.0 Å². The topological polar surface area (TPSA) is 63.5 Å². The van der Waals surface area contributed by atoms with Gasteiger partial charge in [0.2, 0.25) is 0 Å². The van der Waals surface area contributed by atoms with Crippen LogP contribution in [0.4, 0.5) is 4.39 Å². The number of hydrogen-bond acceptors (Lipinski definition) is 3. The molecule has 0 bridgehead atoms. The lowest BCUT2D eigenvalue weighted by atomic mass is 10.2.